The van der Waals surface area contributed by atoms with Crippen LogP contribution in [0.15, 0.2) is 0 Å². The van der Waals surface area contributed by atoms with Crippen molar-refractivity contribution in [1.29, 1.82) is 0 Å². The maximum Gasteiger partial charge on any atom is 0.00844 e. The van der Waals surface area contributed by atoms with Gasteiger partial charge in [-0.05, 0) is 33.1 Å². The molecule has 84 valence electrons. The SMILES string of the molecule is CCCCC(C)N1CCC(N)CC1C. The molecule has 0 radical (unpaired) electrons. The van der Waals surface area contributed by atoms with Crippen molar-refractivity contribution in [1.82, 2.24) is 4.90 Å². The fraction of sp³-hybridized carbons (Fsp3) is 1.00. The summed E-state index contributed by atoms with van der Waals surface area (Å²) in [6, 6.07) is 1.88. The third-order valence-electron chi connectivity index (χ3n) is 3.51. The van der Waals surface area contributed by atoms with Crippen LogP contribution in [0.1, 0.15) is 52.9 Å². The highest BCUT2D eigenvalue weighted by Crippen LogP contribution is 2.20. The second-order valence-electron chi connectivity index (χ2n) is 4.86. The van der Waals surface area contributed by atoms with Gasteiger partial charge in [-0.1, -0.05) is 19.8 Å². The van der Waals surface area contributed by atoms with Crippen LogP contribution in [0, 0.1) is 0 Å². The summed E-state index contributed by atoms with van der Waals surface area (Å²) in [7, 11) is 0. The topological polar surface area (TPSA) is 29.3 Å². The standard InChI is InChI=1S/C12H26N2/c1-4-5-6-10(2)14-8-7-12(13)9-11(14)3/h10-12H,4-9,13H2,1-3H3. The zero-order valence-corrected chi connectivity index (χ0v) is 10.00. The molecule has 3 atom stereocenters. The summed E-state index contributed by atoms with van der Waals surface area (Å²) in [5, 5.41) is 0. The molecule has 14 heavy (non-hydrogen) atoms. The van der Waals surface area contributed by atoms with E-state index in [2.05, 4.69) is 25.7 Å². The summed E-state index contributed by atoms with van der Waals surface area (Å²) < 4.78 is 0. The van der Waals surface area contributed by atoms with Gasteiger partial charge in [-0.3, -0.25) is 4.90 Å². The van der Waals surface area contributed by atoms with Crippen LogP contribution in [0.25, 0.3) is 0 Å². The average Bonchev–Trinajstić information content (AvgIpc) is 2.14. The Balaban J connectivity index is 2.35. The highest BCUT2D eigenvalue weighted by molar-refractivity contribution is 4.83. The predicted octanol–water partition coefficient (Wildman–Crippen LogP) is 2.38. The van der Waals surface area contributed by atoms with Gasteiger partial charge < -0.3 is 5.73 Å². The lowest BCUT2D eigenvalue weighted by Gasteiger charge is -2.40. The second kappa shape index (κ2) is 5.72. The van der Waals surface area contributed by atoms with Crippen molar-refractivity contribution in [3.8, 4) is 0 Å². The Bertz CT molecular complexity index is 158. The minimum atomic E-state index is 0.444. The van der Waals surface area contributed by atoms with Crippen molar-refractivity contribution in [3.05, 3.63) is 0 Å². The Morgan fingerprint density at radius 2 is 2.21 bits per heavy atom. The first-order chi connectivity index (χ1) is 6.65. The largest absolute Gasteiger partial charge is 0.328 e. The fourth-order valence-corrected chi connectivity index (χ4v) is 2.55. The number of nitrogens with zero attached hydrogens (tertiary/aromatic N) is 1. The molecule has 0 amide bonds. The van der Waals surface area contributed by atoms with Gasteiger partial charge in [0.1, 0.15) is 0 Å². The monoisotopic (exact) mass is 198 g/mol. The van der Waals surface area contributed by atoms with Crippen LogP contribution in [-0.2, 0) is 0 Å². The maximum absolute atomic E-state index is 5.96. The van der Waals surface area contributed by atoms with Gasteiger partial charge in [-0.15, -0.1) is 0 Å². The molecular formula is C12H26N2. The first kappa shape index (κ1) is 12.0. The van der Waals surface area contributed by atoms with E-state index >= 15 is 0 Å². The smallest absolute Gasteiger partial charge is 0.00844 e. The highest BCUT2D eigenvalue weighted by atomic mass is 15.2. The molecule has 0 aromatic rings. The molecule has 1 aliphatic heterocycles. The van der Waals surface area contributed by atoms with Crippen molar-refractivity contribution in [2.75, 3.05) is 6.54 Å². The fourth-order valence-electron chi connectivity index (χ4n) is 2.55. The third kappa shape index (κ3) is 3.25. The van der Waals surface area contributed by atoms with Gasteiger partial charge in [-0.25, -0.2) is 0 Å². The molecular weight excluding hydrogens is 172 g/mol. The number of hydrogen-bond donors (Lipinski definition) is 1. The van der Waals surface area contributed by atoms with E-state index in [4.69, 9.17) is 5.73 Å². The van der Waals surface area contributed by atoms with Gasteiger partial charge in [0.15, 0.2) is 0 Å². The Morgan fingerprint density at radius 1 is 1.50 bits per heavy atom. The van der Waals surface area contributed by atoms with Crippen LogP contribution >= 0.6 is 0 Å². The van der Waals surface area contributed by atoms with E-state index in [9.17, 15) is 0 Å². The number of hydrogen-bond acceptors (Lipinski definition) is 2. The normalized spacial score (nSPS) is 31.7. The molecule has 0 aromatic heterocycles. The van der Waals surface area contributed by atoms with E-state index in [1.165, 1.54) is 38.6 Å². The molecule has 1 fully saturated rings. The zero-order chi connectivity index (χ0) is 10.6. The van der Waals surface area contributed by atoms with Crippen LogP contribution in [-0.4, -0.2) is 29.6 Å². The number of rotatable bonds is 4. The molecule has 0 spiro atoms. The Hall–Kier alpha value is -0.0800. The molecule has 2 nitrogen and oxygen atoms in total. The molecule has 1 rings (SSSR count). The van der Waals surface area contributed by atoms with E-state index in [-0.39, 0.29) is 0 Å². The third-order valence-corrected chi connectivity index (χ3v) is 3.51. The van der Waals surface area contributed by atoms with Gasteiger partial charge in [0, 0.05) is 24.7 Å². The van der Waals surface area contributed by atoms with Gasteiger partial charge in [0.2, 0.25) is 0 Å². The van der Waals surface area contributed by atoms with E-state index < -0.39 is 0 Å². The van der Waals surface area contributed by atoms with Gasteiger partial charge in [0.05, 0.1) is 0 Å². The zero-order valence-electron chi connectivity index (χ0n) is 10.00. The van der Waals surface area contributed by atoms with Crippen molar-refractivity contribution in [3.63, 3.8) is 0 Å². The summed E-state index contributed by atoms with van der Waals surface area (Å²) in [4.78, 5) is 2.64. The Kier molecular flexibility index (Phi) is 4.90. The van der Waals surface area contributed by atoms with E-state index in [1.807, 2.05) is 0 Å². The molecule has 2 heteroatoms. The first-order valence-corrected chi connectivity index (χ1v) is 6.16. The van der Waals surface area contributed by atoms with Crippen LogP contribution in [0.3, 0.4) is 0 Å². The lowest BCUT2D eigenvalue weighted by Crippen LogP contribution is -2.49. The number of unbranched alkanes of at least 4 members (excludes halogenated alkanes) is 1. The van der Waals surface area contributed by atoms with E-state index in [0.29, 0.717) is 12.1 Å². The molecule has 1 saturated heterocycles. The number of likely N-dealkylation sites (tertiary alicyclic amines) is 1. The molecule has 0 bridgehead atoms. The van der Waals surface area contributed by atoms with Gasteiger partial charge >= 0.3 is 0 Å². The minimum absolute atomic E-state index is 0.444. The first-order valence-electron chi connectivity index (χ1n) is 6.16. The van der Waals surface area contributed by atoms with Crippen molar-refractivity contribution in [2.24, 2.45) is 5.73 Å². The highest BCUT2D eigenvalue weighted by Gasteiger charge is 2.26. The predicted molar refractivity (Wildman–Crippen MR) is 62.4 cm³/mol. The molecule has 0 aromatic carbocycles. The van der Waals surface area contributed by atoms with Crippen LogP contribution in [0.4, 0.5) is 0 Å². The quantitative estimate of drug-likeness (QED) is 0.751. The lowest BCUT2D eigenvalue weighted by atomic mass is 9.96. The molecule has 1 heterocycles. The summed E-state index contributed by atoms with van der Waals surface area (Å²) in [5.74, 6) is 0. The average molecular weight is 198 g/mol. The van der Waals surface area contributed by atoms with Crippen LogP contribution in [0.5, 0.6) is 0 Å². The summed E-state index contributed by atoms with van der Waals surface area (Å²) in [6.45, 7) is 8.15. The molecule has 2 N–H and O–H groups in total. The summed E-state index contributed by atoms with van der Waals surface area (Å²) in [6.07, 6.45) is 6.37. The van der Waals surface area contributed by atoms with Crippen LogP contribution in [0.2, 0.25) is 0 Å². The van der Waals surface area contributed by atoms with Crippen molar-refractivity contribution in [2.45, 2.75) is 71.0 Å². The maximum atomic E-state index is 5.96. The summed E-state index contributed by atoms with van der Waals surface area (Å²) in [5.41, 5.74) is 5.96. The van der Waals surface area contributed by atoms with E-state index in [1.54, 1.807) is 0 Å². The second-order valence-corrected chi connectivity index (χ2v) is 4.86. The van der Waals surface area contributed by atoms with Crippen molar-refractivity contribution < 1.29 is 0 Å². The number of piperidine rings is 1. The number of nitrogens with two attached hydrogens (primary N) is 1. The van der Waals surface area contributed by atoms with Crippen LogP contribution < -0.4 is 5.73 Å². The molecule has 3 unspecified atom stereocenters. The van der Waals surface area contributed by atoms with Gasteiger partial charge in [0.25, 0.3) is 0 Å². The van der Waals surface area contributed by atoms with Gasteiger partial charge in [-0.2, -0.15) is 0 Å². The minimum Gasteiger partial charge on any atom is -0.328 e. The van der Waals surface area contributed by atoms with Crippen molar-refractivity contribution >= 4 is 0 Å². The van der Waals surface area contributed by atoms with E-state index in [0.717, 1.165) is 6.04 Å². The Morgan fingerprint density at radius 3 is 2.79 bits per heavy atom. The molecule has 1 aliphatic rings. The summed E-state index contributed by atoms with van der Waals surface area (Å²) >= 11 is 0. The Labute approximate surface area is 88.8 Å². The molecule has 0 saturated carbocycles. The molecule has 0 aliphatic carbocycles. The lowest BCUT2D eigenvalue weighted by molar-refractivity contribution is 0.0983.